The summed E-state index contributed by atoms with van der Waals surface area (Å²) in [5, 5.41) is 0. The number of nitrogens with zero attached hydrogens (tertiary/aromatic N) is 1. The highest BCUT2D eigenvalue weighted by atomic mass is 32.2. The predicted molar refractivity (Wildman–Crippen MR) is 108 cm³/mol. The maximum absolute atomic E-state index is 12.6. The largest absolute Gasteiger partial charge is 0.466 e. The van der Waals surface area contributed by atoms with Gasteiger partial charge >= 0.3 is 5.97 Å². The van der Waals surface area contributed by atoms with Crippen molar-refractivity contribution in [1.82, 2.24) is 4.90 Å². The summed E-state index contributed by atoms with van der Waals surface area (Å²) < 4.78 is 16.3. The molecule has 0 aliphatic carbocycles. The lowest BCUT2D eigenvalue weighted by Gasteiger charge is -2.13. The van der Waals surface area contributed by atoms with Gasteiger partial charge in [-0.15, -0.1) is 0 Å². The highest BCUT2D eigenvalue weighted by molar-refractivity contribution is 8.26. The Morgan fingerprint density at radius 2 is 2.15 bits per heavy atom. The van der Waals surface area contributed by atoms with Crippen LogP contribution in [-0.2, 0) is 14.3 Å². The molecule has 1 amide bonds. The monoisotopic (exact) mass is 407 g/mol. The molecule has 1 saturated heterocycles. The van der Waals surface area contributed by atoms with Crippen LogP contribution in [0.2, 0.25) is 0 Å². The topological polar surface area (TPSA) is 65.1 Å². The van der Waals surface area contributed by atoms with Crippen LogP contribution in [0.5, 0.6) is 11.5 Å². The molecule has 0 unspecified atom stereocenters. The number of hydrogen-bond donors (Lipinski definition) is 0. The van der Waals surface area contributed by atoms with Crippen LogP contribution in [0.4, 0.5) is 0 Å². The van der Waals surface area contributed by atoms with Crippen LogP contribution in [0.25, 0.3) is 6.08 Å². The van der Waals surface area contributed by atoms with Crippen molar-refractivity contribution in [3.63, 3.8) is 0 Å². The van der Waals surface area contributed by atoms with Crippen LogP contribution in [0.1, 0.15) is 38.2 Å². The minimum atomic E-state index is -0.306. The van der Waals surface area contributed by atoms with E-state index < -0.39 is 0 Å². The van der Waals surface area contributed by atoms with Crippen LogP contribution in [0, 0.1) is 0 Å². The van der Waals surface area contributed by atoms with Gasteiger partial charge in [-0.3, -0.25) is 14.5 Å². The van der Waals surface area contributed by atoms with Gasteiger partial charge in [0.15, 0.2) is 11.5 Å². The fraction of sp³-hybridized carbons (Fsp3) is 0.421. The molecule has 27 heavy (non-hydrogen) atoms. The zero-order chi connectivity index (χ0) is 19.2. The second-order valence-corrected chi connectivity index (χ2v) is 7.80. The molecule has 0 atom stereocenters. The van der Waals surface area contributed by atoms with Crippen molar-refractivity contribution in [1.29, 1.82) is 0 Å². The molecule has 0 saturated carbocycles. The van der Waals surface area contributed by atoms with E-state index in [2.05, 4.69) is 6.92 Å². The summed E-state index contributed by atoms with van der Waals surface area (Å²) in [4.78, 5) is 26.4. The normalized spacial score (nSPS) is 17.1. The number of fused-ring (bicyclic) bond motifs is 1. The van der Waals surface area contributed by atoms with Gasteiger partial charge in [-0.25, -0.2) is 0 Å². The molecule has 1 aromatic rings. The fourth-order valence-corrected chi connectivity index (χ4v) is 3.97. The molecule has 6 nitrogen and oxygen atoms in total. The van der Waals surface area contributed by atoms with E-state index in [4.69, 9.17) is 26.4 Å². The number of hydrogen-bond acceptors (Lipinski definition) is 7. The smallest absolute Gasteiger partial charge is 0.307 e. The molecule has 3 rings (SSSR count). The Bertz CT molecular complexity index is 777. The molecule has 2 aliphatic heterocycles. The molecular formula is C19H21NO5S2. The van der Waals surface area contributed by atoms with Gasteiger partial charge in [0.25, 0.3) is 5.91 Å². The van der Waals surface area contributed by atoms with E-state index in [-0.39, 0.29) is 31.6 Å². The second kappa shape index (κ2) is 9.23. The molecule has 1 aromatic carbocycles. The summed E-state index contributed by atoms with van der Waals surface area (Å²) in [7, 11) is 0. The average Bonchev–Trinajstić information content (AvgIpc) is 3.22. The summed E-state index contributed by atoms with van der Waals surface area (Å²) in [6.07, 6.45) is 4.87. The quantitative estimate of drug-likeness (QED) is 0.281. The average molecular weight is 408 g/mol. The third kappa shape index (κ3) is 5.01. The first-order valence-electron chi connectivity index (χ1n) is 8.89. The number of thiocarbonyl (C=S) groups is 1. The molecule has 0 spiro atoms. The van der Waals surface area contributed by atoms with Crippen molar-refractivity contribution in [2.45, 2.75) is 32.6 Å². The molecule has 2 aliphatic rings. The summed E-state index contributed by atoms with van der Waals surface area (Å²) in [6, 6.07) is 5.49. The molecular weight excluding hydrogens is 386 g/mol. The number of benzene rings is 1. The predicted octanol–water partition coefficient (Wildman–Crippen LogP) is 3.74. The Labute approximate surface area is 167 Å². The number of carbonyl (C=O) groups excluding carboxylic acids is 2. The van der Waals surface area contributed by atoms with E-state index in [0.717, 1.165) is 24.8 Å². The van der Waals surface area contributed by atoms with E-state index in [0.29, 0.717) is 27.3 Å². The molecule has 0 aromatic heterocycles. The third-order valence-corrected chi connectivity index (χ3v) is 5.50. The zero-order valence-electron chi connectivity index (χ0n) is 15.1. The summed E-state index contributed by atoms with van der Waals surface area (Å²) in [5.41, 5.74) is 0.829. The van der Waals surface area contributed by atoms with Crippen molar-refractivity contribution >= 4 is 46.3 Å². The molecule has 0 N–H and O–H groups in total. The van der Waals surface area contributed by atoms with E-state index in [1.54, 1.807) is 6.08 Å². The second-order valence-electron chi connectivity index (χ2n) is 6.12. The van der Waals surface area contributed by atoms with Crippen molar-refractivity contribution in [3.8, 4) is 11.5 Å². The van der Waals surface area contributed by atoms with E-state index >= 15 is 0 Å². The minimum Gasteiger partial charge on any atom is -0.466 e. The standard InChI is InChI=1S/C19H21NO5S2/c1-2-3-4-9-23-17(21)7-8-20-18(22)16(27-19(20)26)11-13-5-6-14-15(10-13)25-12-24-14/h5-6,10-11H,2-4,7-9,12H2,1H3. The maximum Gasteiger partial charge on any atom is 0.307 e. The van der Waals surface area contributed by atoms with Gasteiger partial charge in [-0.2, -0.15) is 0 Å². The highest BCUT2D eigenvalue weighted by Gasteiger charge is 2.32. The molecule has 1 fully saturated rings. The van der Waals surface area contributed by atoms with Crippen LogP contribution in [0.15, 0.2) is 23.1 Å². The van der Waals surface area contributed by atoms with E-state index in [1.807, 2.05) is 18.2 Å². The first-order valence-corrected chi connectivity index (χ1v) is 10.1. The Morgan fingerprint density at radius 3 is 2.96 bits per heavy atom. The fourth-order valence-electron chi connectivity index (χ4n) is 2.66. The highest BCUT2D eigenvalue weighted by Crippen LogP contribution is 2.36. The van der Waals surface area contributed by atoms with Crippen LogP contribution in [-0.4, -0.2) is 41.0 Å². The summed E-state index contributed by atoms with van der Waals surface area (Å²) in [6.45, 7) is 2.95. The van der Waals surface area contributed by atoms with Gasteiger partial charge in [-0.05, 0) is 30.2 Å². The Hall–Kier alpha value is -2.06. The minimum absolute atomic E-state index is 0.135. The number of rotatable bonds is 8. The van der Waals surface area contributed by atoms with Crippen molar-refractivity contribution in [2.24, 2.45) is 0 Å². The lowest BCUT2D eigenvalue weighted by molar-refractivity contribution is -0.144. The number of thioether (sulfide) groups is 1. The first kappa shape index (κ1) is 19.7. The van der Waals surface area contributed by atoms with Crippen LogP contribution in [0.3, 0.4) is 0 Å². The Balaban J connectivity index is 1.56. The Morgan fingerprint density at radius 1 is 1.33 bits per heavy atom. The number of ether oxygens (including phenoxy) is 3. The van der Waals surface area contributed by atoms with Crippen LogP contribution >= 0.6 is 24.0 Å². The first-order chi connectivity index (χ1) is 13.1. The van der Waals surface area contributed by atoms with Gasteiger partial charge in [0.1, 0.15) is 4.32 Å². The molecule has 144 valence electrons. The molecule has 2 heterocycles. The van der Waals surface area contributed by atoms with E-state index in [1.165, 1.54) is 16.7 Å². The zero-order valence-corrected chi connectivity index (χ0v) is 16.7. The van der Waals surface area contributed by atoms with Gasteiger partial charge in [0.05, 0.1) is 17.9 Å². The summed E-state index contributed by atoms with van der Waals surface area (Å²) >= 11 is 6.53. The van der Waals surface area contributed by atoms with Gasteiger partial charge in [0.2, 0.25) is 6.79 Å². The SMILES string of the molecule is CCCCCOC(=O)CCN1C(=O)C(=Cc2ccc3c(c2)OCO3)SC1=S. The third-order valence-electron chi connectivity index (χ3n) is 4.12. The lowest BCUT2D eigenvalue weighted by atomic mass is 10.2. The number of amides is 1. The summed E-state index contributed by atoms with van der Waals surface area (Å²) in [5.74, 6) is 0.851. The Kier molecular flexibility index (Phi) is 6.73. The van der Waals surface area contributed by atoms with Crippen molar-refractivity contribution in [2.75, 3.05) is 19.9 Å². The number of esters is 1. The number of unbranched alkanes of at least 4 members (excludes halogenated alkanes) is 2. The molecule has 8 heteroatoms. The number of carbonyl (C=O) groups is 2. The maximum atomic E-state index is 12.6. The van der Waals surface area contributed by atoms with Crippen molar-refractivity contribution in [3.05, 3.63) is 28.7 Å². The van der Waals surface area contributed by atoms with Crippen molar-refractivity contribution < 1.29 is 23.8 Å². The molecule has 0 radical (unpaired) electrons. The van der Waals surface area contributed by atoms with Crippen LogP contribution < -0.4 is 9.47 Å². The van der Waals surface area contributed by atoms with E-state index in [9.17, 15) is 9.59 Å². The van der Waals surface area contributed by atoms with Gasteiger partial charge in [0, 0.05) is 6.54 Å². The molecule has 0 bridgehead atoms. The van der Waals surface area contributed by atoms with Gasteiger partial charge < -0.3 is 14.2 Å². The van der Waals surface area contributed by atoms with Gasteiger partial charge in [-0.1, -0.05) is 49.8 Å². The lowest BCUT2D eigenvalue weighted by Crippen LogP contribution is -2.30.